The lowest BCUT2D eigenvalue weighted by Gasteiger charge is -2.03. The third kappa shape index (κ3) is 3.13. The van der Waals surface area contributed by atoms with Crippen LogP contribution in [0.15, 0.2) is 34.3 Å². The second kappa shape index (κ2) is 6.04. The van der Waals surface area contributed by atoms with E-state index < -0.39 is 5.91 Å². The van der Waals surface area contributed by atoms with Crippen LogP contribution >= 0.6 is 11.3 Å². The van der Waals surface area contributed by atoms with Gasteiger partial charge in [0.25, 0.3) is 5.89 Å². The lowest BCUT2D eigenvalue weighted by Crippen LogP contribution is -2.08. The van der Waals surface area contributed by atoms with Gasteiger partial charge in [0.1, 0.15) is 0 Å². The summed E-state index contributed by atoms with van der Waals surface area (Å²) in [5.74, 6) is 1.57. The van der Waals surface area contributed by atoms with Crippen LogP contribution in [0.4, 0.5) is 0 Å². The van der Waals surface area contributed by atoms with Gasteiger partial charge in [-0.3, -0.25) is 4.79 Å². The van der Waals surface area contributed by atoms with Crippen molar-refractivity contribution in [1.29, 1.82) is 0 Å². The molecule has 3 heterocycles. The summed E-state index contributed by atoms with van der Waals surface area (Å²) in [4.78, 5) is 20.4. The van der Waals surface area contributed by atoms with Crippen LogP contribution in [0.5, 0.6) is 5.88 Å². The zero-order valence-electron chi connectivity index (χ0n) is 12.6. The Hall–Kier alpha value is -2.74. The van der Waals surface area contributed by atoms with Crippen molar-refractivity contribution < 1.29 is 14.1 Å². The van der Waals surface area contributed by atoms with Gasteiger partial charge in [0.05, 0.1) is 17.0 Å². The predicted octanol–water partition coefficient (Wildman–Crippen LogP) is 2.75. The van der Waals surface area contributed by atoms with Crippen LogP contribution in [0.3, 0.4) is 0 Å². The molecule has 24 heavy (non-hydrogen) atoms. The number of thiophene rings is 1. The minimum Gasteiger partial charge on any atom is -0.477 e. The van der Waals surface area contributed by atoms with Gasteiger partial charge in [-0.25, -0.2) is 4.98 Å². The van der Waals surface area contributed by atoms with E-state index in [9.17, 15) is 4.79 Å². The highest BCUT2D eigenvalue weighted by Gasteiger charge is 2.22. The monoisotopic (exact) mass is 342 g/mol. The number of hydrogen-bond donors (Lipinski definition) is 1. The van der Waals surface area contributed by atoms with E-state index in [2.05, 4.69) is 15.1 Å². The second-order valence-electron chi connectivity index (χ2n) is 5.63. The highest BCUT2D eigenvalue weighted by Crippen LogP contribution is 2.30. The number of carbonyl (C=O) groups excluding carboxylic acids is 1. The molecule has 0 spiro atoms. The van der Waals surface area contributed by atoms with Crippen molar-refractivity contribution in [3.05, 3.63) is 35.3 Å². The summed E-state index contributed by atoms with van der Waals surface area (Å²) in [6, 6.07) is 5.27. The first-order valence-electron chi connectivity index (χ1n) is 7.50. The zero-order chi connectivity index (χ0) is 16.5. The van der Waals surface area contributed by atoms with Crippen molar-refractivity contribution in [3.63, 3.8) is 0 Å². The van der Waals surface area contributed by atoms with Crippen LogP contribution in [0.2, 0.25) is 0 Å². The zero-order valence-corrected chi connectivity index (χ0v) is 13.5. The number of nitrogens with zero attached hydrogens (tertiary/aromatic N) is 3. The molecular formula is C16H14N4O3S. The molecule has 3 aromatic heterocycles. The summed E-state index contributed by atoms with van der Waals surface area (Å²) in [5, 5.41) is 5.62. The standard InChI is InChI=1S/C16H14N4O3S/c17-14(21)11-5-12(24-8-11)16-19-15(20-23-16)10-3-4-13(18-6-10)22-7-9-1-2-9/h3-6,8-9H,1-2,7H2,(H2,17,21). The molecule has 0 aliphatic heterocycles. The Kier molecular flexibility index (Phi) is 3.73. The fraction of sp³-hybridized carbons (Fsp3) is 0.250. The third-order valence-electron chi connectivity index (χ3n) is 3.68. The number of nitrogens with two attached hydrogens (primary N) is 1. The van der Waals surface area contributed by atoms with Gasteiger partial charge in [0.2, 0.25) is 17.6 Å². The Bertz CT molecular complexity index is 868. The third-order valence-corrected chi connectivity index (χ3v) is 4.60. The van der Waals surface area contributed by atoms with Crippen LogP contribution in [0.1, 0.15) is 23.2 Å². The molecule has 0 unspecified atom stereocenters. The molecule has 4 rings (SSSR count). The fourth-order valence-corrected chi connectivity index (χ4v) is 2.92. The Morgan fingerprint density at radius 1 is 1.42 bits per heavy atom. The summed E-state index contributed by atoms with van der Waals surface area (Å²) in [5.41, 5.74) is 6.40. The highest BCUT2D eigenvalue weighted by molar-refractivity contribution is 7.13. The number of hydrogen-bond acceptors (Lipinski definition) is 7. The number of ether oxygens (including phenoxy) is 1. The van der Waals surface area contributed by atoms with Crippen LogP contribution < -0.4 is 10.5 Å². The number of pyridine rings is 1. The van der Waals surface area contributed by atoms with Crippen LogP contribution in [-0.4, -0.2) is 27.6 Å². The Morgan fingerprint density at radius 2 is 2.29 bits per heavy atom. The van der Waals surface area contributed by atoms with E-state index in [1.807, 2.05) is 6.07 Å². The van der Waals surface area contributed by atoms with Gasteiger partial charge in [-0.2, -0.15) is 4.98 Å². The summed E-state index contributed by atoms with van der Waals surface area (Å²) < 4.78 is 10.9. The van der Waals surface area contributed by atoms with Gasteiger partial charge in [0.15, 0.2) is 0 Å². The average Bonchev–Trinajstić information content (AvgIpc) is 3.09. The maximum atomic E-state index is 11.1. The summed E-state index contributed by atoms with van der Waals surface area (Å²) in [7, 11) is 0. The Labute approximate surface area is 141 Å². The maximum absolute atomic E-state index is 11.1. The van der Waals surface area contributed by atoms with Gasteiger partial charge in [-0.05, 0) is 30.9 Å². The molecule has 1 aliphatic carbocycles. The lowest BCUT2D eigenvalue weighted by molar-refractivity contribution is 0.100. The van der Waals surface area contributed by atoms with Gasteiger partial charge in [-0.15, -0.1) is 11.3 Å². The normalized spacial score (nSPS) is 13.8. The number of rotatable bonds is 6. The van der Waals surface area contributed by atoms with E-state index in [0.29, 0.717) is 34.0 Å². The smallest absolute Gasteiger partial charge is 0.268 e. The molecule has 3 aromatic rings. The molecule has 0 aromatic carbocycles. The van der Waals surface area contributed by atoms with Crippen LogP contribution in [-0.2, 0) is 0 Å². The molecule has 2 N–H and O–H groups in total. The highest BCUT2D eigenvalue weighted by atomic mass is 32.1. The minimum atomic E-state index is -0.483. The number of amides is 1. The van der Waals surface area contributed by atoms with E-state index in [1.165, 1.54) is 24.2 Å². The minimum absolute atomic E-state index is 0.344. The predicted molar refractivity (Wildman–Crippen MR) is 87.6 cm³/mol. The van der Waals surface area contributed by atoms with Crippen LogP contribution in [0, 0.1) is 5.92 Å². The molecular weight excluding hydrogens is 328 g/mol. The van der Waals surface area contributed by atoms with E-state index >= 15 is 0 Å². The van der Waals surface area contributed by atoms with E-state index in [0.717, 1.165) is 12.2 Å². The SMILES string of the molecule is NC(=O)c1csc(-c2nc(-c3ccc(OCC4CC4)nc3)no2)c1. The molecule has 7 nitrogen and oxygen atoms in total. The van der Waals surface area contributed by atoms with Gasteiger partial charge < -0.3 is 15.0 Å². The summed E-state index contributed by atoms with van der Waals surface area (Å²) in [6.45, 7) is 0.722. The molecule has 0 atom stereocenters. The average molecular weight is 342 g/mol. The summed E-state index contributed by atoms with van der Waals surface area (Å²) >= 11 is 1.32. The first-order chi connectivity index (χ1) is 11.7. The Balaban J connectivity index is 1.49. The molecule has 122 valence electrons. The van der Waals surface area contributed by atoms with Crippen molar-refractivity contribution in [3.8, 4) is 28.0 Å². The Morgan fingerprint density at radius 3 is 2.96 bits per heavy atom. The largest absolute Gasteiger partial charge is 0.477 e. The van der Waals surface area contributed by atoms with Crippen LogP contribution in [0.25, 0.3) is 22.2 Å². The van der Waals surface area contributed by atoms with Crippen molar-refractivity contribution in [2.45, 2.75) is 12.8 Å². The molecule has 1 saturated carbocycles. The quantitative estimate of drug-likeness (QED) is 0.738. The summed E-state index contributed by atoms with van der Waals surface area (Å²) in [6.07, 6.45) is 4.13. The molecule has 0 bridgehead atoms. The van der Waals surface area contributed by atoms with Crippen molar-refractivity contribution in [2.24, 2.45) is 11.7 Å². The first-order valence-corrected chi connectivity index (χ1v) is 8.38. The number of carbonyl (C=O) groups is 1. The molecule has 1 fully saturated rings. The lowest BCUT2D eigenvalue weighted by atomic mass is 10.2. The van der Waals surface area contributed by atoms with E-state index in [-0.39, 0.29) is 0 Å². The fourth-order valence-electron chi connectivity index (χ4n) is 2.10. The van der Waals surface area contributed by atoms with E-state index in [4.69, 9.17) is 15.0 Å². The molecule has 1 aliphatic rings. The van der Waals surface area contributed by atoms with Gasteiger partial charge in [0, 0.05) is 23.2 Å². The topological polar surface area (TPSA) is 104 Å². The van der Waals surface area contributed by atoms with Crippen molar-refractivity contribution >= 4 is 17.2 Å². The first kappa shape index (κ1) is 14.8. The second-order valence-corrected chi connectivity index (χ2v) is 6.54. The molecule has 8 heteroatoms. The van der Waals surface area contributed by atoms with Crippen molar-refractivity contribution in [1.82, 2.24) is 15.1 Å². The van der Waals surface area contributed by atoms with Gasteiger partial charge >= 0.3 is 0 Å². The molecule has 1 amide bonds. The maximum Gasteiger partial charge on any atom is 0.268 e. The number of primary amides is 1. The van der Waals surface area contributed by atoms with Crippen molar-refractivity contribution in [2.75, 3.05) is 6.61 Å². The molecule has 0 radical (unpaired) electrons. The van der Waals surface area contributed by atoms with E-state index in [1.54, 1.807) is 23.7 Å². The molecule has 0 saturated heterocycles. The number of aromatic nitrogens is 3. The van der Waals surface area contributed by atoms with Gasteiger partial charge in [-0.1, -0.05) is 5.16 Å².